The van der Waals surface area contributed by atoms with E-state index in [0.29, 0.717) is 30.1 Å². The van der Waals surface area contributed by atoms with Crippen LogP contribution >= 0.6 is 11.3 Å². The van der Waals surface area contributed by atoms with Crippen LogP contribution in [0.4, 0.5) is 0 Å². The van der Waals surface area contributed by atoms with Gasteiger partial charge >= 0.3 is 0 Å². The molecule has 6 nitrogen and oxygen atoms in total. The van der Waals surface area contributed by atoms with Crippen LogP contribution < -0.4 is 10.1 Å². The average Bonchev–Trinajstić information content (AvgIpc) is 3.06. The maximum atomic E-state index is 12.4. The predicted molar refractivity (Wildman–Crippen MR) is 90.2 cm³/mol. The molecule has 2 aromatic heterocycles. The summed E-state index contributed by atoms with van der Waals surface area (Å²) in [6.07, 6.45) is 0.701. The van der Waals surface area contributed by atoms with Crippen LogP contribution in [-0.4, -0.2) is 34.3 Å². The van der Waals surface area contributed by atoms with Gasteiger partial charge in [-0.05, 0) is 19.1 Å². The number of carbonyl (C=O) groups excluding carboxylic acids is 1. The van der Waals surface area contributed by atoms with Crippen molar-refractivity contribution in [3.63, 3.8) is 0 Å². The van der Waals surface area contributed by atoms with E-state index in [9.17, 15) is 4.79 Å². The predicted octanol–water partition coefficient (Wildman–Crippen LogP) is 2.32. The first kappa shape index (κ1) is 15.5. The standard InChI is InChI=1S/C16H18N4O2S/c1-10-14(16(22-3)20(2)19-10)15(21)17-9-8-13-18-11-6-4-5-7-12(11)23-13/h4-7H,8-9H2,1-3H3,(H,17,21). The first-order chi connectivity index (χ1) is 11.1. The van der Waals surface area contributed by atoms with E-state index in [1.807, 2.05) is 18.2 Å². The topological polar surface area (TPSA) is 69.0 Å². The molecule has 7 heteroatoms. The van der Waals surface area contributed by atoms with Gasteiger partial charge in [0.25, 0.3) is 5.91 Å². The Morgan fingerprint density at radius 2 is 2.17 bits per heavy atom. The van der Waals surface area contributed by atoms with Gasteiger partial charge in [-0.1, -0.05) is 12.1 Å². The Balaban J connectivity index is 1.65. The molecule has 1 aromatic carbocycles. The number of fused-ring (bicyclic) bond motifs is 1. The average molecular weight is 330 g/mol. The number of thiazole rings is 1. The van der Waals surface area contributed by atoms with Gasteiger partial charge in [0.15, 0.2) is 0 Å². The molecule has 0 unspecified atom stereocenters. The van der Waals surface area contributed by atoms with Gasteiger partial charge in [0, 0.05) is 20.0 Å². The summed E-state index contributed by atoms with van der Waals surface area (Å²) in [6, 6.07) is 8.03. The van der Waals surface area contributed by atoms with Crippen molar-refractivity contribution in [2.24, 2.45) is 7.05 Å². The molecule has 1 amide bonds. The highest BCUT2D eigenvalue weighted by molar-refractivity contribution is 7.18. The van der Waals surface area contributed by atoms with Crippen LogP contribution in [0.2, 0.25) is 0 Å². The molecule has 0 atom stereocenters. The molecule has 23 heavy (non-hydrogen) atoms. The maximum absolute atomic E-state index is 12.4. The van der Waals surface area contributed by atoms with E-state index in [1.54, 1.807) is 30.0 Å². The number of hydrogen-bond acceptors (Lipinski definition) is 5. The number of aromatic nitrogens is 3. The summed E-state index contributed by atoms with van der Waals surface area (Å²) in [6.45, 7) is 2.32. The molecule has 0 saturated carbocycles. The zero-order valence-corrected chi connectivity index (χ0v) is 14.1. The lowest BCUT2D eigenvalue weighted by molar-refractivity contribution is 0.0950. The quantitative estimate of drug-likeness (QED) is 0.779. The van der Waals surface area contributed by atoms with Crippen LogP contribution in [0.25, 0.3) is 10.2 Å². The second-order valence-electron chi connectivity index (χ2n) is 5.17. The Hall–Kier alpha value is -2.41. The fourth-order valence-electron chi connectivity index (χ4n) is 2.53. The highest BCUT2D eigenvalue weighted by Gasteiger charge is 2.20. The van der Waals surface area contributed by atoms with Crippen molar-refractivity contribution < 1.29 is 9.53 Å². The number of para-hydroxylation sites is 1. The zero-order chi connectivity index (χ0) is 16.4. The van der Waals surface area contributed by atoms with Crippen molar-refractivity contribution in [1.82, 2.24) is 20.1 Å². The van der Waals surface area contributed by atoms with Crippen LogP contribution in [0.3, 0.4) is 0 Å². The summed E-state index contributed by atoms with van der Waals surface area (Å²) in [4.78, 5) is 16.9. The van der Waals surface area contributed by atoms with Crippen LogP contribution in [0.5, 0.6) is 5.88 Å². The summed E-state index contributed by atoms with van der Waals surface area (Å²) in [5, 5.41) is 8.15. The number of methoxy groups -OCH3 is 1. The van der Waals surface area contributed by atoms with Gasteiger partial charge in [-0.15, -0.1) is 11.3 Å². The molecule has 2 heterocycles. The smallest absolute Gasteiger partial charge is 0.258 e. The van der Waals surface area contributed by atoms with Crippen LogP contribution in [0, 0.1) is 6.92 Å². The molecule has 120 valence electrons. The fraction of sp³-hybridized carbons (Fsp3) is 0.312. The number of rotatable bonds is 5. The highest BCUT2D eigenvalue weighted by atomic mass is 32.1. The highest BCUT2D eigenvalue weighted by Crippen LogP contribution is 2.22. The Morgan fingerprint density at radius 3 is 2.91 bits per heavy atom. The molecule has 0 radical (unpaired) electrons. The lowest BCUT2D eigenvalue weighted by Crippen LogP contribution is -2.26. The van der Waals surface area contributed by atoms with Gasteiger partial charge in [0.05, 0.1) is 28.0 Å². The van der Waals surface area contributed by atoms with Gasteiger partial charge in [-0.2, -0.15) is 5.10 Å². The molecule has 3 rings (SSSR count). The van der Waals surface area contributed by atoms with Gasteiger partial charge in [0.2, 0.25) is 5.88 Å². The summed E-state index contributed by atoms with van der Waals surface area (Å²) in [7, 11) is 3.29. The Kier molecular flexibility index (Phi) is 4.29. The van der Waals surface area contributed by atoms with E-state index in [2.05, 4.69) is 21.5 Å². The van der Waals surface area contributed by atoms with Crippen molar-refractivity contribution >= 4 is 27.5 Å². The minimum absolute atomic E-state index is 0.173. The molecular formula is C16H18N4O2S. The summed E-state index contributed by atoms with van der Waals surface area (Å²) >= 11 is 1.66. The molecule has 3 aromatic rings. The number of ether oxygens (including phenoxy) is 1. The number of nitrogens with zero attached hydrogens (tertiary/aromatic N) is 3. The number of aryl methyl sites for hydroxylation is 2. The Morgan fingerprint density at radius 1 is 1.39 bits per heavy atom. The minimum atomic E-state index is -0.173. The summed E-state index contributed by atoms with van der Waals surface area (Å²) in [5.41, 5.74) is 2.14. The van der Waals surface area contributed by atoms with Crippen LogP contribution in [0.1, 0.15) is 21.1 Å². The lowest BCUT2D eigenvalue weighted by atomic mass is 10.2. The number of benzene rings is 1. The van der Waals surface area contributed by atoms with E-state index in [4.69, 9.17) is 4.74 Å². The first-order valence-corrected chi connectivity index (χ1v) is 8.12. The van der Waals surface area contributed by atoms with Crippen molar-refractivity contribution in [3.8, 4) is 5.88 Å². The van der Waals surface area contributed by atoms with Gasteiger partial charge in [-0.3, -0.25) is 4.79 Å². The second kappa shape index (κ2) is 6.37. The molecule has 0 fully saturated rings. The van der Waals surface area contributed by atoms with E-state index in [1.165, 1.54) is 11.8 Å². The Labute approximate surface area is 138 Å². The third-order valence-corrected chi connectivity index (χ3v) is 4.65. The van der Waals surface area contributed by atoms with E-state index in [-0.39, 0.29) is 5.91 Å². The molecule has 0 aliphatic carbocycles. The fourth-order valence-corrected chi connectivity index (χ4v) is 3.50. The van der Waals surface area contributed by atoms with Crippen LogP contribution in [-0.2, 0) is 13.5 Å². The molecule has 0 aliphatic rings. The largest absolute Gasteiger partial charge is 0.481 e. The number of nitrogens with one attached hydrogen (secondary N) is 1. The minimum Gasteiger partial charge on any atom is -0.481 e. The number of amides is 1. The van der Waals surface area contributed by atoms with Crippen molar-refractivity contribution in [2.45, 2.75) is 13.3 Å². The molecule has 0 saturated heterocycles. The lowest BCUT2D eigenvalue weighted by Gasteiger charge is -2.06. The summed E-state index contributed by atoms with van der Waals surface area (Å²) in [5.74, 6) is 0.300. The van der Waals surface area contributed by atoms with Gasteiger partial charge in [0.1, 0.15) is 5.56 Å². The zero-order valence-electron chi connectivity index (χ0n) is 13.3. The summed E-state index contributed by atoms with van der Waals surface area (Å²) < 4.78 is 7.98. The van der Waals surface area contributed by atoms with E-state index in [0.717, 1.165) is 10.5 Å². The molecule has 0 spiro atoms. The van der Waals surface area contributed by atoms with Crippen molar-refractivity contribution in [2.75, 3.05) is 13.7 Å². The molecule has 1 N–H and O–H groups in total. The Bertz CT molecular complexity index is 820. The molecule has 0 aliphatic heterocycles. The normalized spacial score (nSPS) is 10.9. The monoisotopic (exact) mass is 330 g/mol. The molecular weight excluding hydrogens is 312 g/mol. The number of hydrogen-bond donors (Lipinski definition) is 1. The maximum Gasteiger partial charge on any atom is 0.258 e. The van der Waals surface area contributed by atoms with Crippen molar-refractivity contribution in [1.29, 1.82) is 0 Å². The van der Waals surface area contributed by atoms with E-state index < -0.39 is 0 Å². The second-order valence-corrected chi connectivity index (χ2v) is 6.29. The first-order valence-electron chi connectivity index (χ1n) is 7.30. The van der Waals surface area contributed by atoms with E-state index >= 15 is 0 Å². The van der Waals surface area contributed by atoms with Gasteiger partial charge < -0.3 is 10.1 Å². The SMILES string of the molecule is COc1c(C(=O)NCCc2nc3ccccc3s2)c(C)nn1C. The molecule has 0 bridgehead atoms. The van der Waals surface area contributed by atoms with Crippen molar-refractivity contribution in [3.05, 3.63) is 40.5 Å². The van der Waals surface area contributed by atoms with Gasteiger partial charge in [-0.25, -0.2) is 9.67 Å². The van der Waals surface area contributed by atoms with Crippen LogP contribution in [0.15, 0.2) is 24.3 Å². The third kappa shape index (κ3) is 3.05. The number of carbonyl (C=O) groups is 1. The third-order valence-electron chi connectivity index (χ3n) is 3.55.